The average molecular weight is 753 g/mol. The van der Waals surface area contributed by atoms with Crippen LogP contribution >= 0.6 is 22.6 Å². The van der Waals surface area contributed by atoms with Crippen molar-refractivity contribution in [3.8, 4) is 0 Å². The molecule has 0 aromatic carbocycles. The SMILES string of the molecule is CCC(O[Si](CCC(F)(F)C(F)(F)C(F)(F)C(F)(F)C(F)(F)C(F)(F)F)(C(C)C)C(C)C)c1cc(I)[nH]c(=O)c1C. The van der Waals surface area contributed by atoms with Crippen molar-refractivity contribution in [2.75, 3.05) is 0 Å². The molecule has 3 nitrogen and oxygen atoms in total. The standard InChI is InChI=1S/C23H29F13INO2Si/c1-7-15(14-10-16(37)38-17(39)13(14)6)40-41(11(2)3,12(4)5)9-8-18(24,25)19(26,27)20(28,29)21(30,31)22(32,33)23(34,35)36/h10-12,15H,7-9H2,1-6H3,(H,38,39). The number of halogens is 14. The van der Waals surface area contributed by atoms with Crippen molar-refractivity contribution < 1.29 is 61.5 Å². The van der Waals surface area contributed by atoms with Crippen LogP contribution in [0.4, 0.5) is 57.1 Å². The average Bonchev–Trinajstić information content (AvgIpc) is 2.80. The second kappa shape index (κ2) is 12.1. The first-order valence-corrected chi connectivity index (χ1v) is 15.5. The third kappa shape index (κ3) is 6.57. The van der Waals surface area contributed by atoms with Crippen molar-refractivity contribution in [3.63, 3.8) is 0 Å². The topological polar surface area (TPSA) is 42.1 Å². The van der Waals surface area contributed by atoms with Gasteiger partial charge in [-0.05, 0) is 64.7 Å². The number of nitrogens with one attached hydrogen (secondary N) is 1. The van der Waals surface area contributed by atoms with Crippen LogP contribution in [0.1, 0.15) is 64.7 Å². The van der Waals surface area contributed by atoms with Gasteiger partial charge >= 0.3 is 35.8 Å². The third-order valence-corrected chi connectivity index (χ3v) is 13.4. The van der Waals surface area contributed by atoms with Gasteiger partial charge < -0.3 is 9.41 Å². The Hall–Kier alpha value is -1.05. The van der Waals surface area contributed by atoms with Crippen molar-refractivity contribution >= 4 is 30.9 Å². The minimum atomic E-state index is -7.94. The van der Waals surface area contributed by atoms with E-state index < -0.39 is 79.3 Å². The molecule has 0 amide bonds. The maximum atomic E-state index is 14.7. The molecule has 1 N–H and O–H groups in total. The van der Waals surface area contributed by atoms with Gasteiger partial charge in [0.25, 0.3) is 5.56 Å². The van der Waals surface area contributed by atoms with Crippen molar-refractivity contribution in [1.82, 2.24) is 4.98 Å². The quantitative estimate of drug-likeness (QED) is 0.0944. The van der Waals surface area contributed by atoms with Crippen LogP contribution in [-0.2, 0) is 4.43 Å². The Kier molecular flexibility index (Phi) is 11.3. The van der Waals surface area contributed by atoms with Gasteiger partial charge in [0.1, 0.15) is 0 Å². The maximum Gasteiger partial charge on any atom is 0.460 e. The highest BCUT2D eigenvalue weighted by Gasteiger charge is 2.90. The second-order valence-corrected chi connectivity index (χ2v) is 16.4. The van der Waals surface area contributed by atoms with Gasteiger partial charge in [0.05, 0.1) is 9.80 Å². The summed E-state index contributed by atoms with van der Waals surface area (Å²) in [5.74, 6) is -37.0. The first-order valence-electron chi connectivity index (χ1n) is 12.1. The predicted octanol–water partition coefficient (Wildman–Crippen LogP) is 9.65. The molecule has 1 heterocycles. The largest absolute Gasteiger partial charge is 0.460 e. The molecule has 0 radical (unpaired) electrons. The Labute approximate surface area is 241 Å². The Morgan fingerprint density at radius 3 is 1.66 bits per heavy atom. The summed E-state index contributed by atoms with van der Waals surface area (Å²) in [5.41, 5.74) is -1.44. The van der Waals surface area contributed by atoms with E-state index in [1.807, 2.05) is 0 Å². The fourth-order valence-corrected chi connectivity index (χ4v) is 9.73. The summed E-state index contributed by atoms with van der Waals surface area (Å²) in [4.78, 5) is 14.8. The van der Waals surface area contributed by atoms with Gasteiger partial charge in [0.15, 0.2) is 8.32 Å². The van der Waals surface area contributed by atoms with E-state index in [0.717, 1.165) is 0 Å². The summed E-state index contributed by atoms with van der Waals surface area (Å²) in [6.45, 7) is 8.83. The number of aromatic nitrogens is 1. The van der Waals surface area contributed by atoms with E-state index >= 15 is 0 Å². The monoisotopic (exact) mass is 753 g/mol. The lowest BCUT2D eigenvalue weighted by atomic mass is 9.93. The summed E-state index contributed by atoms with van der Waals surface area (Å²) >= 11 is 1.78. The predicted molar refractivity (Wildman–Crippen MR) is 135 cm³/mol. The van der Waals surface area contributed by atoms with Crippen molar-refractivity contribution in [2.45, 2.75) is 113 Å². The highest BCUT2D eigenvalue weighted by atomic mass is 127. The third-order valence-electron chi connectivity index (χ3n) is 7.15. The number of aromatic amines is 1. The molecule has 41 heavy (non-hydrogen) atoms. The van der Waals surface area contributed by atoms with Crippen LogP contribution in [-0.4, -0.2) is 49.1 Å². The normalized spacial score (nSPS) is 15.7. The molecule has 1 aromatic heterocycles. The van der Waals surface area contributed by atoms with Gasteiger partial charge in [-0.1, -0.05) is 34.6 Å². The highest BCUT2D eigenvalue weighted by Crippen LogP contribution is 2.61. The van der Waals surface area contributed by atoms with E-state index in [1.54, 1.807) is 29.5 Å². The molecule has 1 unspecified atom stereocenters. The van der Waals surface area contributed by atoms with Gasteiger partial charge in [-0.3, -0.25) is 4.79 Å². The zero-order valence-corrected chi connectivity index (χ0v) is 25.7. The number of pyridine rings is 1. The zero-order valence-electron chi connectivity index (χ0n) is 22.5. The van der Waals surface area contributed by atoms with Crippen molar-refractivity contribution in [3.05, 3.63) is 31.2 Å². The first kappa shape index (κ1) is 38.0. The zero-order chi connectivity index (χ0) is 32.8. The number of hydrogen-bond donors (Lipinski definition) is 1. The van der Waals surface area contributed by atoms with Crippen molar-refractivity contribution in [1.29, 1.82) is 0 Å². The number of H-pyrrole nitrogens is 1. The van der Waals surface area contributed by atoms with Crippen LogP contribution in [0.15, 0.2) is 10.9 Å². The minimum Gasteiger partial charge on any atom is -0.409 e. The van der Waals surface area contributed by atoms with E-state index in [-0.39, 0.29) is 12.0 Å². The molecule has 0 saturated heterocycles. The first-order chi connectivity index (χ1) is 18.1. The summed E-state index contributed by atoms with van der Waals surface area (Å²) in [7, 11) is -3.82. The van der Waals surface area contributed by atoms with E-state index in [2.05, 4.69) is 4.98 Å². The number of alkyl halides is 13. The molecule has 1 aromatic rings. The molecule has 18 heteroatoms. The molecule has 0 bridgehead atoms. The highest BCUT2D eigenvalue weighted by molar-refractivity contribution is 14.1. The summed E-state index contributed by atoms with van der Waals surface area (Å²) < 4.78 is 184. The summed E-state index contributed by atoms with van der Waals surface area (Å²) in [5, 5.41) is 0. The van der Waals surface area contributed by atoms with Crippen LogP contribution in [0.25, 0.3) is 0 Å². The Morgan fingerprint density at radius 2 is 1.27 bits per heavy atom. The summed E-state index contributed by atoms with van der Waals surface area (Å²) in [6.07, 6.45) is -10.6. The maximum absolute atomic E-state index is 14.7. The van der Waals surface area contributed by atoms with Gasteiger partial charge in [-0.25, -0.2) is 0 Å². The van der Waals surface area contributed by atoms with Crippen LogP contribution < -0.4 is 5.56 Å². The molecule has 240 valence electrons. The van der Waals surface area contributed by atoms with Crippen LogP contribution in [0.5, 0.6) is 0 Å². The van der Waals surface area contributed by atoms with Gasteiger partial charge in [0.2, 0.25) is 0 Å². The number of rotatable bonds is 13. The molecule has 0 fully saturated rings. The van der Waals surface area contributed by atoms with Crippen LogP contribution in [0.2, 0.25) is 17.1 Å². The lowest BCUT2D eigenvalue weighted by molar-refractivity contribution is -0.440. The van der Waals surface area contributed by atoms with E-state index in [4.69, 9.17) is 4.43 Å². The van der Waals surface area contributed by atoms with Crippen LogP contribution in [0, 0.1) is 10.6 Å². The van der Waals surface area contributed by atoms with Gasteiger partial charge in [-0.15, -0.1) is 0 Å². The fourth-order valence-electron chi connectivity index (χ4n) is 4.47. The van der Waals surface area contributed by atoms with Crippen molar-refractivity contribution in [2.24, 2.45) is 0 Å². The summed E-state index contributed by atoms with van der Waals surface area (Å²) in [6, 6.07) is 0.412. The molecular weight excluding hydrogens is 724 g/mol. The Balaban J connectivity index is 3.58. The molecule has 0 saturated carbocycles. The van der Waals surface area contributed by atoms with Gasteiger partial charge in [0, 0.05) is 12.0 Å². The molecule has 0 aliphatic rings. The smallest absolute Gasteiger partial charge is 0.409 e. The Morgan fingerprint density at radius 1 is 0.829 bits per heavy atom. The molecule has 0 aliphatic heterocycles. The lowest BCUT2D eigenvalue weighted by Crippen LogP contribution is -2.70. The molecule has 0 spiro atoms. The number of hydrogen-bond acceptors (Lipinski definition) is 2. The second-order valence-electron chi connectivity index (χ2n) is 10.3. The van der Waals surface area contributed by atoms with Gasteiger partial charge in [-0.2, -0.15) is 57.1 Å². The molecular formula is C23H29F13INO2Si. The Bertz CT molecular complexity index is 1110. The molecule has 1 rings (SSSR count). The lowest BCUT2D eigenvalue weighted by Gasteiger charge is -2.44. The van der Waals surface area contributed by atoms with E-state index in [9.17, 15) is 61.9 Å². The minimum absolute atomic E-state index is 0.123. The molecule has 0 aliphatic carbocycles. The fraction of sp³-hybridized carbons (Fsp3) is 0.783. The van der Waals surface area contributed by atoms with E-state index in [0.29, 0.717) is 9.26 Å². The van der Waals surface area contributed by atoms with E-state index in [1.165, 1.54) is 40.7 Å². The molecule has 1 atom stereocenters. The van der Waals surface area contributed by atoms with Crippen LogP contribution in [0.3, 0.4) is 0 Å².